The molecule has 4 nitrogen and oxygen atoms in total. The lowest BCUT2D eigenvalue weighted by atomic mass is 9.75. The van der Waals surface area contributed by atoms with Gasteiger partial charge in [-0.15, -0.1) is 0 Å². The number of ether oxygens (including phenoxy) is 1. The van der Waals surface area contributed by atoms with E-state index >= 15 is 0 Å². The highest BCUT2D eigenvalue weighted by atomic mass is 16.5. The number of nitrogens with one attached hydrogen (secondary N) is 2. The maximum Gasteiger partial charge on any atom is 0.326 e. The smallest absolute Gasteiger partial charge is 0.326 e. The summed E-state index contributed by atoms with van der Waals surface area (Å²) in [4.78, 5) is 12.4. The molecule has 1 aliphatic carbocycles. The first-order valence-corrected chi connectivity index (χ1v) is 7.79. The predicted octanol–water partition coefficient (Wildman–Crippen LogP) is 1.84. The lowest BCUT2D eigenvalue weighted by Crippen LogP contribution is -2.66. The zero-order valence-electron chi connectivity index (χ0n) is 12.3. The lowest BCUT2D eigenvalue weighted by Gasteiger charge is -2.45. The van der Waals surface area contributed by atoms with E-state index < -0.39 is 5.54 Å². The number of hydrogen-bond donors (Lipinski definition) is 2. The first-order chi connectivity index (χ1) is 9.23. The van der Waals surface area contributed by atoms with Crippen LogP contribution in [-0.4, -0.2) is 37.7 Å². The molecule has 0 spiro atoms. The van der Waals surface area contributed by atoms with Crippen LogP contribution >= 0.6 is 0 Å². The van der Waals surface area contributed by atoms with Crippen LogP contribution in [0.4, 0.5) is 0 Å². The largest absolute Gasteiger partial charge is 0.468 e. The molecular formula is C15H28N2O2. The summed E-state index contributed by atoms with van der Waals surface area (Å²) in [5.41, 5.74) is -0.462. The van der Waals surface area contributed by atoms with Crippen molar-refractivity contribution < 1.29 is 9.53 Å². The zero-order chi connectivity index (χ0) is 13.7. The fourth-order valence-corrected chi connectivity index (χ4v) is 3.74. The van der Waals surface area contributed by atoms with Gasteiger partial charge in [-0.1, -0.05) is 26.2 Å². The molecule has 2 fully saturated rings. The van der Waals surface area contributed by atoms with E-state index in [4.69, 9.17) is 4.74 Å². The minimum absolute atomic E-state index is 0.0635. The minimum Gasteiger partial charge on any atom is -0.468 e. The van der Waals surface area contributed by atoms with E-state index in [2.05, 4.69) is 17.6 Å². The maximum absolute atomic E-state index is 12.4. The highest BCUT2D eigenvalue weighted by Crippen LogP contribution is 2.31. The average molecular weight is 268 g/mol. The summed E-state index contributed by atoms with van der Waals surface area (Å²) in [6.07, 6.45) is 8.14. The highest BCUT2D eigenvalue weighted by molar-refractivity contribution is 5.81. The van der Waals surface area contributed by atoms with Gasteiger partial charge in [0.15, 0.2) is 0 Å². The van der Waals surface area contributed by atoms with E-state index in [1.165, 1.54) is 39.2 Å². The molecule has 2 aliphatic rings. The Labute approximate surface area is 116 Å². The maximum atomic E-state index is 12.4. The quantitative estimate of drug-likeness (QED) is 0.764. The third-order valence-corrected chi connectivity index (χ3v) is 4.89. The van der Waals surface area contributed by atoms with Crippen LogP contribution < -0.4 is 10.6 Å². The van der Waals surface area contributed by atoms with Gasteiger partial charge in [-0.05, 0) is 32.2 Å². The van der Waals surface area contributed by atoms with E-state index in [1.54, 1.807) is 0 Å². The number of carbonyl (C=O) groups excluding carboxylic acids is 1. The summed E-state index contributed by atoms with van der Waals surface area (Å²) in [5, 5.41) is 7.12. The molecule has 0 aromatic rings. The van der Waals surface area contributed by atoms with E-state index in [0.29, 0.717) is 12.0 Å². The number of methoxy groups -OCH3 is 1. The van der Waals surface area contributed by atoms with Crippen molar-refractivity contribution in [2.24, 2.45) is 5.92 Å². The van der Waals surface area contributed by atoms with Crippen molar-refractivity contribution in [3.05, 3.63) is 0 Å². The van der Waals surface area contributed by atoms with Crippen LogP contribution in [0, 0.1) is 5.92 Å². The molecule has 2 N–H and O–H groups in total. The Bertz CT molecular complexity index is 303. The SMILES string of the molecule is CCC1CNCCC1(NC1CCCCC1)C(=O)OC. The van der Waals surface area contributed by atoms with Crippen LogP contribution in [-0.2, 0) is 9.53 Å². The van der Waals surface area contributed by atoms with Crippen molar-refractivity contribution in [2.45, 2.75) is 63.5 Å². The number of carbonyl (C=O) groups is 1. The second kappa shape index (κ2) is 6.71. The summed E-state index contributed by atoms with van der Waals surface area (Å²) < 4.78 is 5.14. The number of esters is 1. The van der Waals surface area contributed by atoms with Crippen molar-refractivity contribution in [1.29, 1.82) is 0 Å². The fourth-order valence-electron chi connectivity index (χ4n) is 3.74. The molecule has 110 valence electrons. The van der Waals surface area contributed by atoms with Gasteiger partial charge in [-0.2, -0.15) is 0 Å². The van der Waals surface area contributed by atoms with Gasteiger partial charge in [-0.3, -0.25) is 10.1 Å². The average Bonchev–Trinajstić information content (AvgIpc) is 2.47. The van der Waals surface area contributed by atoms with Crippen LogP contribution in [0.25, 0.3) is 0 Å². The molecule has 2 rings (SSSR count). The summed E-state index contributed by atoms with van der Waals surface area (Å²) in [6.45, 7) is 3.97. The summed E-state index contributed by atoms with van der Waals surface area (Å²) in [5.74, 6) is 0.266. The summed E-state index contributed by atoms with van der Waals surface area (Å²) in [7, 11) is 1.52. The van der Waals surface area contributed by atoms with Crippen molar-refractivity contribution in [3.8, 4) is 0 Å². The Morgan fingerprint density at radius 1 is 1.37 bits per heavy atom. The molecule has 19 heavy (non-hydrogen) atoms. The fraction of sp³-hybridized carbons (Fsp3) is 0.933. The zero-order valence-corrected chi connectivity index (χ0v) is 12.3. The second-order valence-electron chi connectivity index (χ2n) is 6.00. The molecule has 0 radical (unpaired) electrons. The Morgan fingerprint density at radius 2 is 2.11 bits per heavy atom. The second-order valence-corrected chi connectivity index (χ2v) is 6.00. The topological polar surface area (TPSA) is 50.4 Å². The molecule has 1 saturated carbocycles. The van der Waals surface area contributed by atoms with Gasteiger partial charge in [0.2, 0.25) is 0 Å². The van der Waals surface area contributed by atoms with Crippen molar-refractivity contribution in [1.82, 2.24) is 10.6 Å². The van der Waals surface area contributed by atoms with Gasteiger partial charge in [0.05, 0.1) is 7.11 Å². The van der Waals surface area contributed by atoms with Crippen LogP contribution in [0.3, 0.4) is 0 Å². The Morgan fingerprint density at radius 3 is 2.74 bits per heavy atom. The van der Waals surface area contributed by atoms with Gasteiger partial charge in [0.1, 0.15) is 5.54 Å². The number of piperidine rings is 1. The molecule has 1 saturated heterocycles. The Kier molecular flexibility index (Phi) is 5.22. The third-order valence-electron chi connectivity index (χ3n) is 4.89. The van der Waals surface area contributed by atoms with Crippen LogP contribution in [0.15, 0.2) is 0 Å². The van der Waals surface area contributed by atoms with E-state index in [0.717, 1.165) is 25.9 Å². The monoisotopic (exact) mass is 268 g/mol. The third kappa shape index (κ3) is 3.11. The molecule has 0 bridgehead atoms. The summed E-state index contributed by atoms with van der Waals surface area (Å²) >= 11 is 0. The van der Waals surface area contributed by atoms with E-state index in [1.807, 2.05) is 0 Å². The van der Waals surface area contributed by atoms with E-state index in [-0.39, 0.29) is 5.97 Å². The minimum atomic E-state index is -0.462. The number of hydrogen-bond acceptors (Lipinski definition) is 4. The van der Waals surface area contributed by atoms with Crippen molar-refractivity contribution in [3.63, 3.8) is 0 Å². The molecular weight excluding hydrogens is 240 g/mol. The van der Waals surface area contributed by atoms with Crippen molar-refractivity contribution >= 4 is 5.97 Å². The normalized spacial score (nSPS) is 33.1. The molecule has 2 atom stereocenters. The Hall–Kier alpha value is -0.610. The van der Waals surface area contributed by atoms with Gasteiger partial charge in [0, 0.05) is 18.5 Å². The standard InChI is InChI=1S/C15H28N2O2/c1-3-12-11-16-10-9-15(12,14(18)19-2)17-13-7-5-4-6-8-13/h12-13,16-17H,3-11H2,1-2H3. The Balaban J connectivity index is 2.14. The molecule has 2 unspecified atom stereocenters. The van der Waals surface area contributed by atoms with E-state index in [9.17, 15) is 4.79 Å². The highest BCUT2D eigenvalue weighted by Gasteiger charge is 2.48. The van der Waals surface area contributed by atoms with Gasteiger partial charge in [0.25, 0.3) is 0 Å². The molecule has 4 heteroatoms. The summed E-state index contributed by atoms with van der Waals surface area (Å²) in [6, 6.07) is 0.486. The van der Waals surface area contributed by atoms with Crippen LogP contribution in [0.1, 0.15) is 51.9 Å². The van der Waals surface area contributed by atoms with Crippen LogP contribution in [0.2, 0.25) is 0 Å². The van der Waals surface area contributed by atoms with Crippen molar-refractivity contribution in [2.75, 3.05) is 20.2 Å². The number of rotatable bonds is 4. The molecule has 0 aromatic carbocycles. The molecule has 0 amide bonds. The van der Waals surface area contributed by atoms with Crippen LogP contribution in [0.5, 0.6) is 0 Å². The molecule has 1 aliphatic heterocycles. The first-order valence-electron chi connectivity index (χ1n) is 7.79. The predicted molar refractivity (Wildman–Crippen MR) is 76.0 cm³/mol. The first kappa shape index (κ1) is 14.8. The van der Waals surface area contributed by atoms with Gasteiger partial charge >= 0.3 is 5.97 Å². The van der Waals surface area contributed by atoms with Gasteiger partial charge < -0.3 is 10.1 Å². The molecule has 0 aromatic heterocycles. The molecule has 1 heterocycles. The lowest BCUT2D eigenvalue weighted by molar-refractivity contribution is -0.153. The van der Waals surface area contributed by atoms with Gasteiger partial charge in [-0.25, -0.2) is 0 Å².